The van der Waals surface area contributed by atoms with E-state index in [9.17, 15) is 4.39 Å². The van der Waals surface area contributed by atoms with Crippen molar-refractivity contribution in [1.82, 2.24) is 0 Å². The fourth-order valence-corrected chi connectivity index (χ4v) is 2.74. The molecule has 2 aromatic rings. The van der Waals surface area contributed by atoms with Gasteiger partial charge in [-0.2, -0.15) is 0 Å². The van der Waals surface area contributed by atoms with Crippen LogP contribution in [-0.2, 0) is 0 Å². The van der Waals surface area contributed by atoms with Gasteiger partial charge < -0.3 is 5.73 Å². The van der Waals surface area contributed by atoms with Crippen LogP contribution in [0.3, 0.4) is 0 Å². The number of thiophene rings is 1. The molecule has 1 unspecified atom stereocenters. The summed E-state index contributed by atoms with van der Waals surface area (Å²) >= 11 is 7.52. The first kappa shape index (κ1) is 11.6. The molecule has 0 aliphatic carbocycles. The summed E-state index contributed by atoms with van der Waals surface area (Å²) in [5.74, 6) is -0.215. The number of halogens is 2. The van der Waals surface area contributed by atoms with Gasteiger partial charge >= 0.3 is 0 Å². The number of aryl methyl sites for hydroxylation is 1. The molecule has 84 valence electrons. The molecule has 0 amide bonds. The summed E-state index contributed by atoms with van der Waals surface area (Å²) in [6, 6.07) is 6.43. The van der Waals surface area contributed by atoms with Gasteiger partial charge in [0.05, 0.1) is 11.1 Å². The number of hydrogen-bond donors (Lipinski definition) is 1. The second-order valence-corrected chi connectivity index (χ2v) is 4.97. The van der Waals surface area contributed by atoms with Crippen LogP contribution in [0, 0.1) is 12.7 Å². The van der Waals surface area contributed by atoms with Crippen molar-refractivity contribution >= 4 is 22.9 Å². The highest BCUT2D eigenvalue weighted by atomic mass is 35.5. The van der Waals surface area contributed by atoms with Crippen LogP contribution < -0.4 is 5.73 Å². The minimum Gasteiger partial charge on any atom is -0.320 e. The molecule has 1 heterocycles. The lowest BCUT2D eigenvalue weighted by Gasteiger charge is -2.11. The van der Waals surface area contributed by atoms with E-state index in [0.29, 0.717) is 10.6 Å². The van der Waals surface area contributed by atoms with Crippen LogP contribution in [0.15, 0.2) is 29.6 Å². The van der Waals surface area contributed by atoms with Gasteiger partial charge in [-0.05, 0) is 35.6 Å². The zero-order chi connectivity index (χ0) is 11.7. The van der Waals surface area contributed by atoms with Crippen LogP contribution in [0.4, 0.5) is 4.39 Å². The lowest BCUT2D eigenvalue weighted by atomic mass is 10.0. The van der Waals surface area contributed by atoms with E-state index in [4.69, 9.17) is 17.3 Å². The van der Waals surface area contributed by atoms with E-state index in [0.717, 1.165) is 10.4 Å². The van der Waals surface area contributed by atoms with Crippen LogP contribution in [-0.4, -0.2) is 0 Å². The van der Waals surface area contributed by atoms with Gasteiger partial charge in [0.15, 0.2) is 0 Å². The topological polar surface area (TPSA) is 26.0 Å². The second-order valence-electron chi connectivity index (χ2n) is 3.62. The molecule has 0 saturated heterocycles. The summed E-state index contributed by atoms with van der Waals surface area (Å²) in [5.41, 5.74) is 7.56. The quantitative estimate of drug-likeness (QED) is 0.866. The van der Waals surface area contributed by atoms with Gasteiger partial charge in [0.2, 0.25) is 0 Å². The van der Waals surface area contributed by atoms with E-state index in [2.05, 4.69) is 0 Å². The first-order valence-corrected chi connectivity index (χ1v) is 6.10. The fourth-order valence-electron chi connectivity index (χ4n) is 1.54. The molecule has 16 heavy (non-hydrogen) atoms. The highest BCUT2D eigenvalue weighted by Crippen LogP contribution is 2.31. The summed E-state index contributed by atoms with van der Waals surface area (Å²) in [6.07, 6.45) is 0. The van der Waals surface area contributed by atoms with Gasteiger partial charge in [-0.15, -0.1) is 11.3 Å². The third-order valence-electron chi connectivity index (χ3n) is 2.47. The Kier molecular flexibility index (Phi) is 3.28. The molecule has 2 rings (SSSR count). The van der Waals surface area contributed by atoms with E-state index in [1.807, 2.05) is 11.4 Å². The standard InChI is InChI=1S/C12H11ClFNS/c1-7-6-8(2-3-10(7)14)11(15)12-9(13)4-5-16-12/h2-6,11H,15H2,1H3. The SMILES string of the molecule is Cc1cc(C(N)c2sccc2Cl)ccc1F. The summed E-state index contributed by atoms with van der Waals surface area (Å²) < 4.78 is 13.1. The van der Waals surface area contributed by atoms with Gasteiger partial charge in [-0.3, -0.25) is 0 Å². The smallest absolute Gasteiger partial charge is 0.126 e. The molecule has 1 aromatic heterocycles. The maximum absolute atomic E-state index is 13.1. The second kappa shape index (κ2) is 4.53. The Bertz CT molecular complexity index is 509. The molecule has 1 aromatic carbocycles. The van der Waals surface area contributed by atoms with Crippen molar-refractivity contribution in [2.24, 2.45) is 5.73 Å². The van der Waals surface area contributed by atoms with Crippen molar-refractivity contribution in [1.29, 1.82) is 0 Å². The number of nitrogens with two attached hydrogens (primary N) is 1. The van der Waals surface area contributed by atoms with Crippen LogP contribution in [0.5, 0.6) is 0 Å². The van der Waals surface area contributed by atoms with Gasteiger partial charge in [0.1, 0.15) is 5.82 Å². The molecule has 2 N–H and O–H groups in total. The first-order valence-electron chi connectivity index (χ1n) is 4.84. The maximum atomic E-state index is 13.1. The van der Waals surface area contributed by atoms with Crippen molar-refractivity contribution in [3.63, 3.8) is 0 Å². The number of benzene rings is 1. The monoisotopic (exact) mass is 255 g/mol. The minimum atomic E-state index is -0.285. The first-order chi connectivity index (χ1) is 7.59. The third kappa shape index (κ3) is 2.12. The highest BCUT2D eigenvalue weighted by molar-refractivity contribution is 7.10. The van der Waals surface area contributed by atoms with Crippen molar-refractivity contribution in [2.45, 2.75) is 13.0 Å². The molecule has 0 aliphatic rings. The summed E-state index contributed by atoms with van der Waals surface area (Å²) in [4.78, 5) is 0.910. The Labute approximate surface area is 103 Å². The largest absolute Gasteiger partial charge is 0.320 e. The molecule has 0 saturated carbocycles. The van der Waals surface area contributed by atoms with Gasteiger partial charge in [-0.25, -0.2) is 4.39 Å². The Morgan fingerprint density at radius 3 is 2.69 bits per heavy atom. The molecule has 0 bridgehead atoms. The molecule has 0 radical (unpaired) electrons. The lowest BCUT2D eigenvalue weighted by Crippen LogP contribution is -2.11. The van der Waals surface area contributed by atoms with Crippen LogP contribution in [0.1, 0.15) is 22.0 Å². The Hall–Kier alpha value is -0.900. The molecule has 4 heteroatoms. The molecule has 1 atom stereocenters. The molecule has 0 spiro atoms. The molecule has 1 nitrogen and oxygen atoms in total. The van der Waals surface area contributed by atoms with Gasteiger partial charge in [-0.1, -0.05) is 23.7 Å². The van der Waals surface area contributed by atoms with E-state index in [1.165, 1.54) is 17.4 Å². The van der Waals surface area contributed by atoms with Crippen LogP contribution in [0.25, 0.3) is 0 Å². The summed E-state index contributed by atoms with van der Waals surface area (Å²) in [5, 5.41) is 2.56. The van der Waals surface area contributed by atoms with Crippen molar-refractivity contribution < 1.29 is 4.39 Å². The number of hydrogen-bond acceptors (Lipinski definition) is 2. The van der Waals surface area contributed by atoms with Gasteiger partial charge in [0.25, 0.3) is 0 Å². The zero-order valence-electron chi connectivity index (χ0n) is 8.71. The minimum absolute atomic E-state index is 0.215. The predicted molar refractivity (Wildman–Crippen MR) is 66.5 cm³/mol. The van der Waals surface area contributed by atoms with Crippen molar-refractivity contribution in [2.75, 3.05) is 0 Å². The Balaban J connectivity index is 2.38. The highest BCUT2D eigenvalue weighted by Gasteiger charge is 2.14. The predicted octanol–water partition coefficient (Wildman–Crippen LogP) is 3.90. The summed E-state index contributed by atoms with van der Waals surface area (Å²) in [6.45, 7) is 1.72. The van der Waals surface area contributed by atoms with E-state index < -0.39 is 0 Å². The van der Waals surface area contributed by atoms with E-state index >= 15 is 0 Å². The van der Waals surface area contributed by atoms with E-state index in [-0.39, 0.29) is 11.9 Å². The fraction of sp³-hybridized carbons (Fsp3) is 0.167. The molecule has 0 fully saturated rings. The third-order valence-corrected chi connectivity index (χ3v) is 3.91. The Morgan fingerprint density at radius 2 is 2.12 bits per heavy atom. The van der Waals surface area contributed by atoms with Crippen molar-refractivity contribution in [3.05, 3.63) is 56.5 Å². The molecule has 0 aliphatic heterocycles. The number of rotatable bonds is 2. The summed E-state index contributed by atoms with van der Waals surface area (Å²) in [7, 11) is 0. The molecular weight excluding hydrogens is 245 g/mol. The molecular formula is C12H11ClFNS. The van der Waals surface area contributed by atoms with Gasteiger partial charge in [0, 0.05) is 4.88 Å². The zero-order valence-corrected chi connectivity index (χ0v) is 10.3. The average Bonchev–Trinajstić information content (AvgIpc) is 2.67. The Morgan fingerprint density at radius 1 is 1.38 bits per heavy atom. The average molecular weight is 256 g/mol. The lowest BCUT2D eigenvalue weighted by molar-refractivity contribution is 0.617. The van der Waals surface area contributed by atoms with Crippen molar-refractivity contribution in [3.8, 4) is 0 Å². The van der Waals surface area contributed by atoms with E-state index in [1.54, 1.807) is 19.1 Å². The van der Waals surface area contributed by atoms with Crippen LogP contribution >= 0.6 is 22.9 Å². The maximum Gasteiger partial charge on any atom is 0.126 e. The normalized spacial score (nSPS) is 12.8. The van der Waals surface area contributed by atoms with Crippen LogP contribution in [0.2, 0.25) is 5.02 Å².